The molecule has 0 radical (unpaired) electrons. The monoisotopic (exact) mass is 430 g/mol. The molecule has 0 bridgehead atoms. The number of hydrogen-bond donors (Lipinski definition) is 0. The molecule has 0 N–H and O–H groups in total. The molecule has 2 saturated carbocycles. The quantitative estimate of drug-likeness (QED) is 0.371. The molecule has 0 spiro atoms. The van der Waals surface area contributed by atoms with Crippen LogP contribution < -0.4 is 0 Å². The number of benzene rings is 2. The maximum absolute atomic E-state index is 2.43. The largest absolute Gasteiger partial charge is 0.0654 e. The summed E-state index contributed by atoms with van der Waals surface area (Å²) in [5, 5.41) is 0. The first-order chi connectivity index (χ1) is 15.7. The highest BCUT2D eigenvalue weighted by Crippen LogP contribution is 2.38. The van der Waals surface area contributed by atoms with Crippen molar-refractivity contribution in [3.8, 4) is 0 Å². The van der Waals surface area contributed by atoms with E-state index in [1.807, 2.05) is 0 Å². The molecule has 0 saturated heterocycles. The number of rotatable bonds is 9. The summed E-state index contributed by atoms with van der Waals surface area (Å²) in [4.78, 5) is 0. The predicted octanol–water partition coefficient (Wildman–Crippen LogP) is 9.62. The summed E-state index contributed by atoms with van der Waals surface area (Å²) in [5.41, 5.74) is 6.15. The highest BCUT2D eigenvalue weighted by Gasteiger charge is 2.22. The van der Waals surface area contributed by atoms with Crippen LogP contribution in [0.1, 0.15) is 125 Å². The molecule has 0 nitrogen and oxygen atoms in total. The third-order valence-electron chi connectivity index (χ3n) is 8.69. The van der Waals surface area contributed by atoms with Gasteiger partial charge in [0, 0.05) is 0 Å². The van der Waals surface area contributed by atoms with E-state index in [-0.39, 0.29) is 0 Å². The van der Waals surface area contributed by atoms with Gasteiger partial charge >= 0.3 is 0 Å². The molecule has 174 valence electrons. The SMILES string of the molecule is CCCC1CCC(c2ccc(CCc3ccc(C4CCC(CCC)CC4)cc3)cc2)CC1. The van der Waals surface area contributed by atoms with E-state index in [0.29, 0.717) is 0 Å². The second-order valence-corrected chi connectivity index (χ2v) is 11.0. The minimum Gasteiger partial charge on any atom is -0.0654 e. The van der Waals surface area contributed by atoms with Crippen molar-refractivity contribution in [2.75, 3.05) is 0 Å². The normalized spacial score (nSPS) is 26.2. The van der Waals surface area contributed by atoms with Gasteiger partial charge in [-0.15, -0.1) is 0 Å². The molecule has 2 aromatic carbocycles. The molecule has 32 heavy (non-hydrogen) atoms. The molecule has 0 amide bonds. The Morgan fingerprint density at radius 1 is 0.500 bits per heavy atom. The van der Waals surface area contributed by atoms with Crippen LogP contribution in [0.4, 0.5) is 0 Å². The van der Waals surface area contributed by atoms with Crippen LogP contribution in [0.15, 0.2) is 48.5 Å². The second-order valence-electron chi connectivity index (χ2n) is 11.0. The van der Waals surface area contributed by atoms with E-state index in [9.17, 15) is 0 Å². The minimum absolute atomic E-state index is 0.807. The van der Waals surface area contributed by atoms with Gasteiger partial charge in [0.05, 0.1) is 0 Å². The molecular weight excluding hydrogens is 384 g/mol. The van der Waals surface area contributed by atoms with Crippen molar-refractivity contribution in [3.63, 3.8) is 0 Å². The van der Waals surface area contributed by atoms with Gasteiger partial charge in [0.15, 0.2) is 0 Å². The molecule has 2 aromatic rings. The van der Waals surface area contributed by atoms with E-state index in [1.165, 1.54) is 88.2 Å². The van der Waals surface area contributed by atoms with Gasteiger partial charge in [0.1, 0.15) is 0 Å². The molecule has 0 aromatic heterocycles. The van der Waals surface area contributed by atoms with Gasteiger partial charge in [-0.1, -0.05) is 88.1 Å². The molecule has 0 unspecified atom stereocenters. The van der Waals surface area contributed by atoms with E-state index in [4.69, 9.17) is 0 Å². The van der Waals surface area contributed by atoms with E-state index in [2.05, 4.69) is 62.4 Å². The van der Waals surface area contributed by atoms with Gasteiger partial charge in [-0.05, 0) is 110 Å². The first-order valence-corrected chi connectivity index (χ1v) is 13.9. The molecule has 0 heteroatoms. The van der Waals surface area contributed by atoms with Gasteiger partial charge in [-0.25, -0.2) is 0 Å². The van der Waals surface area contributed by atoms with Crippen LogP contribution in [-0.2, 0) is 12.8 Å². The zero-order valence-corrected chi connectivity index (χ0v) is 20.8. The van der Waals surface area contributed by atoms with Crippen LogP contribution in [-0.4, -0.2) is 0 Å². The smallest absolute Gasteiger partial charge is 0.0162 e. The standard InChI is InChI=1S/C32H46/c1-3-5-25-9-17-29(18-10-25)31-21-13-27(14-22-31)7-8-28-15-23-32(24-16-28)30-19-11-26(6-4-2)12-20-30/h13-16,21-26,29-30H,3-12,17-20H2,1-2H3. The first-order valence-electron chi connectivity index (χ1n) is 13.9. The fraction of sp³-hybridized carbons (Fsp3) is 0.625. The van der Waals surface area contributed by atoms with Crippen molar-refractivity contribution in [3.05, 3.63) is 70.8 Å². The molecule has 4 rings (SSSR count). The summed E-state index contributed by atoms with van der Waals surface area (Å²) in [7, 11) is 0. The third kappa shape index (κ3) is 6.49. The average molecular weight is 431 g/mol. The van der Waals surface area contributed by atoms with Crippen LogP contribution >= 0.6 is 0 Å². The van der Waals surface area contributed by atoms with E-state index >= 15 is 0 Å². The number of hydrogen-bond acceptors (Lipinski definition) is 0. The summed E-state index contributed by atoms with van der Waals surface area (Å²) in [6, 6.07) is 19.3. The van der Waals surface area contributed by atoms with Crippen LogP contribution in [0.2, 0.25) is 0 Å². The molecule has 2 aliphatic carbocycles. The predicted molar refractivity (Wildman–Crippen MR) is 140 cm³/mol. The minimum atomic E-state index is 0.807. The van der Waals surface area contributed by atoms with Crippen molar-refractivity contribution in [2.24, 2.45) is 11.8 Å². The Hall–Kier alpha value is -1.56. The Morgan fingerprint density at radius 3 is 1.16 bits per heavy atom. The maximum atomic E-state index is 2.43. The number of aryl methyl sites for hydroxylation is 2. The lowest BCUT2D eigenvalue weighted by molar-refractivity contribution is 0.308. The fourth-order valence-corrected chi connectivity index (χ4v) is 6.59. The van der Waals surface area contributed by atoms with Crippen LogP contribution in [0, 0.1) is 11.8 Å². The van der Waals surface area contributed by atoms with Gasteiger partial charge in [0.25, 0.3) is 0 Å². The zero-order chi connectivity index (χ0) is 22.2. The molecule has 2 aliphatic rings. The third-order valence-corrected chi connectivity index (χ3v) is 8.69. The Labute approximate surface area is 198 Å². The van der Waals surface area contributed by atoms with Gasteiger partial charge in [0.2, 0.25) is 0 Å². The molecule has 2 fully saturated rings. The summed E-state index contributed by atoms with van der Waals surface area (Å²) < 4.78 is 0. The van der Waals surface area contributed by atoms with Crippen molar-refractivity contribution >= 4 is 0 Å². The summed E-state index contributed by atoms with van der Waals surface area (Å²) >= 11 is 0. The van der Waals surface area contributed by atoms with Crippen molar-refractivity contribution in [2.45, 2.75) is 116 Å². The zero-order valence-electron chi connectivity index (χ0n) is 20.8. The van der Waals surface area contributed by atoms with Crippen LogP contribution in [0.3, 0.4) is 0 Å². The highest BCUT2D eigenvalue weighted by molar-refractivity contribution is 5.29. The molecular formula is C32H46. The fourth-order valence-electron chi connectivity index (χ4n) is 6.59. The van der Waals surface area contributed by atoms with E-state index in [1.54, 1.807) is 11.1 Å². The summed E-state index contributed by atoms with van der Waals surface area (Å²) in [5.74, 6) is 3.61. The Kier molecular flexibility index (Phi) is 8.89. The molecule has 0 atom stereocenters. The molecule has 0 heterocycles. The Balaban J connectivity index is 1.23. The lowest BCUT2D eigenvalue weighted by atomic mass is 9.77. The topological polar surface area (TPSA) is 0 Å². The van der Waals surface area contributed by atoms with Gasteiger partial charge in [-0.3, -0.25) is 0 Å². The van der Waals surface area contributed by atoms with Crippen molar-refractivity contribution < 1.29 is 0 Å². The first kappa shape index (κ1) is 23.6. The lowest BCUT2D eigenvalue weighted by Gasteiger charge is -2.28. The maximum Gasteiger partial charge on any atom is -0.0162 e. The Bertz CT molecular complexity index is 698. The van der Waals surface area contributed by atoms with Crippen LogP contribution in [0.5, 0.6) is 0 Å². The average Bonchev–Trinajstić information content (AvgIpc) is 2.85. The lowest BCUT2D eigenvalue weighted by Crippen LogP contribution is -2.13. The van der Waals surface area contributed by atoms with Gasteiger partial charge < -0.3 is 0 Å². The molecule has 0 aliphatic heterocycles. The van der Waals surface area contributed by atoms with E-state index < -0.39 is 0 Å². The van der Waals surface area contributed by atoms with Crippen molar-refractivity contribution in [1.82, 2.24) is 0 Å². The second kappa shape index (κ2) is 12.1. The van der Waals surface area contributed by atoms with Crippen LogP contribution in [0.25, 0.3) is 0 Å². The highest BCUT2D eigenvalue weighted by atomic mass is 14.3. The summed E-state index contributed by atoms with van der Waals surface area (Å²) in [6.45, 7) is 4.66. The van der Waals surface area contributed by atoms with E-state index in [0.717, 1.165) is 36.5 Å². The van der Waals surface area contributed by atoms with Gasteiger partial charge in [-0.2, -0.15) is 0 Å². The Morgan fingerprint density at radius 2 is 0.844 bits per heavy atom. The summed E-state index contributed by atoms with van der Waals surface area (Å²) in [6.07, 6.45) is 19.3. The van der Waals surface area contributed by atoms with Crippen molar-refractivity contribution in [1.29, 1.82) is 0 Å².